The van der Waals surface area contributed by atoms with Crippen molar-refractivity contribution in [2.45, 2.75) is 0 Å². The molecule has 0 atom stereocenters. The van der Waals surface area contributed by atoms with Crippen LogP contribution < -0.4 is 0 Å². The first-order valence-electron chi connectivity index (χ1n) is 2.59. The minimum absolute atomic E-state index is 0.171. The van der Waals surface area contributed by atoms with E-state index in [-0.39, 0.29) is 5.69 Å². The highest BCUT2D eigenvalue weighted by Gasteiger charge is 2.14. The lowest BCUT2D eigenvalue weighted by molar-refractivity contribution is -0.129. The van der Waals surface area contributed by atoms with Crippen molar-refractivity contribution >= 4 is 23.0 Å². The molecule has 0 spiro atoms. The van der Waals surface area contributed by atoms with Gasteiger partial charge in [0.15, 0.2) is 0 Å². The molecule has 0 radical (unpaired) electrons. The first-order valence-corrected chi connectivity index (χ1v) is 3.54. The summed E-state index contributed by atoms with van der Waals surface area (Å²) in [5.41, 5.74) is 1.19. The molecule has 11 heavy (non-hydrogen) atoms. The van der Waals surface area contributed by atoms with Crippen LogP contribution in [0.3, 0.4) is 0 Å². The fraction of sp³-hybridized carbons (Fsp3) is 0. The Balaban J connectivity index is 2.99. The van der Waals surface area contributed by atoms with Crippen LogP contribution in [-0.4, -0.2) is 27.0 Å². The van der Waals surface area contributed by atoms with E-state index >= 15 is 0 Å². The lowest BCUT2D eigenvalue weighted by Crippen LogP contribution is -2.14. The SMILES string of the molecule is O=C(O)/C(=N/O)c1cscn1. The number of hydrogen-bond acceptors (Lipinski definition) is 5. The van der Waals surface area contributed by atoms with Gasteiger partial charge < -0.3 is 10.3 Å². The van der Waals surface area contributed by atoms with Crippen LogP contribution in [0.25, 0.3) is 0 Å². The number of rotatable bonds is 2. The van der Waals surface area contributed by atoms with E-state index in [9.17, 15) is 4.79 Å². The van der Waals surface area contributed by atoms with Gasteiger partial charge in [-0.15, -0.1) is 11.3 Å². The Bertz CT molecular complexity index is 280. The largest absolute Gasteiger partial charge is 0.476 e. The maximum atomic E-state index is 10.3. The number of carboxylic acid groups (broad SMARTS) is 1. The van der Waals surface area contributed by atoms with Gasteiger partial charge >= 0.3 is 5.97 Å². The third kappa shape index (κ3) is 1.53. The predicted octanol–water partition coefficient (Wildman–Crippen LogP) is 0.406. The minimum atomic E-state index is -1.29. The Morgan fingerprint density at radius 3 is 2.82 bits per heavy atom. The topological polar surface area (TPSA) is 82.8 Å². The van der Waals surface area contributed by atoms with Crippen LogP contribution in [-0.2, 0) is 4.79 Å². The molecule has 0 aromatic carbocycles. The summed E-state index contributed by atoms with van der Waals surface area (Å²) >= 11 is 1.23. The second-order valence-corrected chi connectivity index (χ2v) is 2.35. The average molecular weight is 172 g/mol. The Kier molecular flexibility index (Phi) is 2.17. The van der Waals surface area contributed by atoms with Crippen LogP contribution >= 0.6 is 11.3 Å². The quantitative estimate of drug-likeness (QED) is 0.384. The monoisotopic (exact) mass is 172 g/mol. The molecule has 2 N–H and O–H groups in total. The standard InChI is InChI=1S/C5H4N2O3S/c8-5(9)4(7-10)3-1-11-2-6-3/h1-2,10H,(H,8,9)/b7-4+. The van der Waals surface area contributed by atoms with E-state index in [0.717, 1.165) is 0 Å². The van der Waals surface area contributed by atoms with Crippen molar-refractivity contribution in [2.24, 2.45) is 5.16 Å². The number of aliphatic carboxylic acids is 1. The molecule has 6 heteroatoms. The molecule has 58 valence electrons. The number of carboxylic acids is 1. The maximum absolute atomic E-state index is 10.3. The lowest BCUT2D eigenvalue weighted by atomic mass is 10.3. The molecular formula is C5H4N2O3S. The van der Waals surface area contributed by atoms with Gasteiger partial charge in [0.05, 0.1) is 5.51 Å². The van der Waals surface area contributed by atoms with Gasteiger partial charge in [-0.1, -0.05) is 5.16 Å². The van der Waals surface area contributed by atoms with Crippen LogP contribution in [0.5, 0.6) is 0 Å². The number of oxime groups is 1. The van der Waals surface area contributed by atoms with E-state index in [2.05, 4.69) is 10.1 Å². The van der Waals surface area contributed by atoms with Gasteiger partial charge in [-0.25, -0.2) is 9.78 Å². The first-order chi connectivity index (χ1) is 5.25. The Hall–Kier alpha value is -1.43. The maximum Gasteiger partial charge on any atom is 0.360 e. The van der Waals surface area contributed by atoms with E-state index in [1.807, 2.05) is 0 Å². The average Bonchev–Trinajstić information content (AvgIpc) is 2.40. The summed E-state index contributed by atoms with van der Waals surface area (Å²) in [5.74, 6) is -1.29. The second-order valence-electron chi connectivity index (χ2n) is 1.63. The van der Waals surface area contributed by atoms with Gasteiger partial charge in [0.1, 0.15) is 5.69 Å². The summed E-state index contributed by atoms with van der Waals surface area (Å²) in [5, 5.41) is 20.7. The first kappa shape index (κ1) is 7.67. The number of thiazole rings is 1. The highest BCUT2D eigenvalue weighted by atomic mass is 32.1. The van der Waals surface area contributed by atoms with Crippen LogP contribution in [0.1, 0.15) is 5.69 Å². The summed E-state index contributed by atoms with van der Waals surface area (Å²) in [6.45, 7) is 0. The molecule has 0 fully saturated rings. The van der Waals surface area contributed by atoms with E-state index < -0.39 is 11.7 Å². The number of hydrogen-bond donors (Lipinski definition) is 2. The summed E-state index contributed by atoms with van der Waals surface area (Å²) in [6.07, 6.45) is 0. The number of carbonyl (C=O) groups is 1. The smallest absolute Gasteiger partial charge is 0.360 e. The molecule has 0 amide bonds. The van der Waals surface area contributed by atoms with Crippen molar-refractivity contribution in [3.63, 3.8) is 0 Å². The van der Waals surface area contributed by atoms with Gasteiger partial charge in [0, 0.05) is 5.38 Å². The Morgan fingerprint density at radius 2 is 2.45 bits per heavy atom. The van der Waals surface area contributed by atoms with Gasteiger partial charge in [-0.3, -0.25) is 0 Å². The number of aromatic nitrogens is 1. The van der Waals surface area contributed by atoms with E-state index in [0.29, 0.717) is 0 Å². The van der Waals surface area contributed by atoms with Crippen LogP contribution in [0.2, 0.25) is 0 Å². The molecular weight excluding hydrogens is 168 g/mol. The van der Waals surface area contributed by atoms with Gasteiger partial charge in [-0.05, 0) is 0 Å². The molecule has 5 nitrogen and oxygen atoms in total. The van der Waals surface area contributed by atoms with Crippen molar-refractivity contribution < 1.29 is 15.1 Å². The summed E-state index contributed by atoms with van der Waals surface area (Å²) in [4.78, 5) is 14.0. The molecule has 1 aromatic heterocycles. The predicted molar refractivity (Wildman–Crippen MR) is 38.1 cm³/mol. The van der Waals surface area contributed by atoms with Gasteiger partial charge in [0.2, 0.25) is 5.71 Å². The normalized spacial score (nSPS) is 11.5. The van der Waals surface area contributed by atoms with Crippen molar-refractivity contribution in [2.75, 3.05) is 0 Å². The van der Waals surface area contributed by atoms with Crippen LogP contribution in [0, 0.1) is 0 Å². The Morgan fingerprint density at radius 1 is 1.73 bits per heavy atom. The molecule has 1 aromatic rings. The number of nitrogens with zero attached hydrogens (tertiary/aromatic N) is 2. The Labute approximate surface area is 65.6 Å². The van der Waals surface area contributed by atoms with Crippen LogP contribution in [0.15, 0.2) is 16.0 Å². The molecule has 0 aliphatic rings. The fourth-order valence-electron chi connectivity index (χ4n) is 0.533. The second kappa shape index (κ2) is 3.11. The zero-order chi connectivity index (χ0) is 8.27. The van der Waals surface area contributed by atoms with Gasteiger partial charge in [0.25, 0.3) is 0 Å². The third-order valence-electron chi connectivity index (χ3n) is 0.978. The van der Waals surface area contributed by atoms with Crippen molar-refractivity contribution in [1.82, 2.24) is 4.98 Å². The summed E-state index contributed by atoms with van der Waals surface area (Å²) in [7, 11) is 0. The molecule has 1 rings (SSSR count). The van der Waals surface area contributed by atoms with E-state index in [4.69, 9.17) is 10.3 Å². The zero-order valence-corrected chi connectivity index (χ0v) is 6.08. The molecule has 0 saturated carbocycles. The van der Waals surface area contributed by atoms with E-state index in [1.54, 1.807) is 0 Å². The lowest BCUT2D eigenvalue weighted by Gasteiger charge is -1.90. The van der Waals surface area contributed by atoms with Gasteiger partial charge in [-0.2, -0.15) is 0 Å². The van der Waals surface area contributed by atoms with Crippen molar-refractivity contribution in [3.8, 4) is 0 Å². The van der Waals surface area contributed by atoms with Crippen molar-refractivity contribution in [1.29, 1.82) is 0 Å². The molecule has 0 aliphatic carbocycles. The molecule has 0 aliphatic heterocycles. The van der Waals surface area contributed by atoms with E-state index in [1.165, 1.54) is 22.2 Å². The highest BCUT2D eigenvalue weighted by Crippen LogP contribution is 2.02. The molecule has 0 saturated heterocycles. The highest BCUT2D eigenvalue weighted by molar-refractivity contribution is 7.07. The molecule has 1 heterocycles. The minimum Gasteiger partial charge on any atom is -0.476 e. The fourth-order valence-corrected chi connectivity index (χ4v) is 1.07. The summed E-state index contributed by atoms with van der Waals surface area (Å²) < 4.78 is 0. The van der Waals surface area contributed by atoms with Crippen LogP contribution in [0.4, 0.5) is 0 Å². The zero-order valence-electron chi connectivity index (χ0n) is 5.26. The summed E-state index contributed by atoms with van der Waals surface area (Å²) in [6, 6.07) is 0. The van der Waals surface area contributed by atoms with Crippen molar-refractivity contribution in [3.05, 3.63) is 16.6 Å². The molecule has 0 unspecified atom stereocenters. The molecule has 0 bridgehead atoms. The third-order valence-corrected chi connectivity index (χ3v) is 1.56.